The molecule has 38 heavy (non-hydrogen) atoms. The molecule has 0 bridgehead atoms. The average Bonchev–Trinajstić information content (AvgIpc) is 2.89. The molecule has 0 fully saturated rings. The van der Waals surface area contributed by atoms with E-state index < -0.39 is 22.0 Å². The van der Waals surface area contributed by atoms with Crippen molar-refractivity contribution in [3.63, 3.8) is 0 Å². The Balaban J connectivity index is 0.000000336. The van der Waals surface area contributed by atoms with Crippen molar-refractivity contribution in [2.24, 2.45) is 10.2 Å². The van der Waals surface area contributed by atoms with E-state index in [2.05, 4.69) is 19.9 Å². The van der Waals surface area contributed by atoms with Gasteiger partial charge in [0, 0.05) is 6.20 Å². The van der Waals surface area contributed by atoms with Gasteiger partial charge in [0.15, 0.2) is 0 Å². The van der Waals surface area contributed by atoms with Gasteiger partial charge in [0.2, 0.25) is 0 Å². The average molecular weight is 537 g/mol. The van der Waals surface area contributed by atoms with Crippen LogP contribution in [0.3, 0.4) is 0 Å². The number of nitrogens with one attached hydrogen (secondary N) is 1. The van der Waals surface area contributed by atoms with Gasteiger partial charge in [-0.3, -0.25) is 4.72 Å². The molecule has 4 rings (SSSR count). The maximum Gasteiger partial charge on any atom is 0.339 e. The molecule has 0 aliphatic carbocycles. The van der Waals surface area contributed by atoms with Crippen LogP contribution in [0.2, 0.25) is 0 Å². The number of anilines is 1. The van der Waals surface area contributed by atoms with E-state index in [1.54, 1.807) is 24.3 Å². The quantitative estimate of drug-likeness (QED) is 0.206. The lowest BCUT2D eigenvalue weighted by Crippen LogP contribution is -2.13. The van der Waals surface area contributed by atoms with Gasteiger partial charge < -0.3 is 20.4 Å². The highest BCUT2D eigenvalue weighted by atomic mass is 32.2. The normalized spacial score (nSPS) is 10.8. The van der Waals surface area contributed by atoms with E-state index in [0.29, 0.717) is 5.69 Å². The van der Waals surface area contributed by atoms with E-state index in [1.807, 2.05) is 0 Å². The number of nitrogens with zero attached hydrogens (tertiary/aromatic N) is 3. The van der Waals surface area contributed by atoms with E-state index in [-0.39, 0.29) is 39.0 Å². The summed E-state index contributed by atoms with van der Waals surface area (Å²) in [6.07, 6.45) is 1.47. The Morgan fingerprint density at radius 3 is 1.87 bits per heavy atom. The number of aromatic nitrogens is 1. The number of carbonyl (C=O) groups is 2. The lowest BCUT2D eigenvalue weighted by molar-refractivity contribution is 0.0682. The number of aromatic hydroxyl groups is 2. The Bertz CT molecular complexity index is 1570. The summed E-state index contributed by atoms with van der Waals surface area (Å²) in [5, 5.41) is 43.6. The molecule has 1 heterocycles. The van der Waals surface area contributed by atoms with Crippen LogP contribution in [0.1, 0.15) is 20.7 Å². The minimum atomic E-state index is -3.79. The number of azo groups is 1. The summed E-state index contributed by atoms with van der Waals surface area (Å²) in [5.41, 5.74) is 0.228. The van der Waals surface area contributed by atoms with Crippen molar-refractivity contribution in [2.75, 3.05) is 4.72 Å². The Morgan fingerprint density at radius 1 is 0.711 bits per heavy atom. The number of aromatic carboxylic acids is 2. The number of benzene rings is 3. The van der Waals surface area contributed by atoms with Crippen LogP contribution in [0.4, 0.5) is 17.2 Å². The number of hydrogen-bond acceptors (Lipinski definition) is 9. The second-order valence-electron chi connectivity index (χ2n) is 7.34. The third kappa shape index (κ3) is 7.35. The van der Waals surface area contributed by atoms with E-state index in [0.717, 1.165) is 0 Å². The van der Waals surface area contributed by atoms with Gasteiger partial charge in [-0.15, -0.1) is 0 Å². The fraction of sp³-hybridized carbons (Fsp3) is 0. The number of hydrogen-bond donors (Lipinski definition) is 5. The standard InChI is InChI=1S/C18H14N4O5S.C7H6O3/c23-16-9-6-13(11-15(16)18(24)25)21-20-12-4-7-14(8-5-12)28(26,27)22-17-3-1-2-10-19-17;8-6-4-2-1-3-5(6)7(9)10/h1-11,23H,(H,19,22)(H,24,25);1-4,8H,(H,9,10). The molecule has 1 aromatic heterocycles. The second-order valence-corrected chi connectivity index (χ2v) is 9.03. The highest BCUT2D eigenvalue weighted by Gasteiger charge is 2.14. The summed E-state index contributed by atoms with van der Waals surface area (Å²) in [6, 6.07) is 20.1. The number of pyridine rings is 1. The molecule has 0 aliphatic heterocycles. The lowest BCUT2D eigenvalue weighted by Gasteiger charge is -2.07. The smallest absolute Gasteiger partial charge is 0.339 e. The molecule has 4 aromatic rings. The van der Waals surface area contributed by atoms with Crippen LogP contribution in [0.5, 0.6) is 11.5 Å². The minimum absolute atomic E-state index is 0.0231. The molecule has 0 aliphatic rings. The third-order valence-electron chi connectivity index (χ3n) is 4.68. The first-order valence-corrected chi connectivity index (χ1v) is 12.1. The van der Waals surface area contributed by atoms with Crippen LogP contribution in [-0.2, 0) is 10.0 Å². The van der Waals surface area contributed by atoms with E-state index in [4.69, 9.17) is 15.3 Å². The summed E-state index contributed by atoms with van der Waals surface area (Å²) < 4.78 is 27.0. The molecule has 0 spiro atoms. The Hall–Kier alpha value is -5.30. The second kappa shape index (κ2) is 12.1. The van der Waals surface area contributed by atoms with Gasteiger partial charge in [0.25, 0.3) is 10.0 Å². The molecule has 5 N–H and O–H groups in total. The molecule has 0 saturated heterocycles. The molecule has 0 saturated carbocycles. The van der Waals surface area contributed by atoms with Gasteiger partial charge in [0.05, 0.1) is 16.3 Å². The van der Waals surface area contributed by atoms with Crippen molar-refractivity contribution >= 4 is 39.2 Å². The van der Waals surface area contributed by atoms with Crippen molar-refractivity contribution < 1.29 is 38.4 Å². The van der Waals surface area contributed by atoms with E-state index in [1.165, 1.54) is 66.9 Å². The summed E-state index contributed by atoms with van der Waals surface area (Å²) in [6.45, 7) is 0. The number of phenols is 2. The van der Waals surface area contributed by atoms with Crippen LogP contribution in [0, 0.1) is 0 Å². The summed E-state index contributed by atoms with van der Waals surface area (Å²) in [4.78, 5) is 25.2. The first-order valence-electron chi connectivity index (χ1n) is 10.6. The highest BCUT2D eigenvalue weighted by molar-refractivity contribution is 7.92. The molecular formula is C25H20N4O8S. The molecular weight excluding hydrogens is 516 g/mol. The summed E-state index contributed by atoms with van der Waals surface area (Å²) in [5.74, 6) is -2.77. The van der Waals surface area contributed by atoms with Crippen LogP contribution in [-0.4, -0.2) is 45.8 Å². The topological polar surface area (TPSA) is 199 Å². The largest absolute Gasteiger partial charge is 0.507 e. The first kappa shape index (κ1) is 27.3. The number of rotatable bonds is 7. The van der Waals surface area contributed by atoms with Crippen LogP contribution in [0.15, 0.2) is 106 Å². The number of sulfonamides is 1. The Kier molecular flexibility index (Phi) is 8.69. The fourth-order valence-corrected chi connectivity index (χ4v) is 3.85. The number of para-hydroxylation sites is 1. The fourth-order valence-electron chi connectivity index (χ4n) is 2.84. The van der Waals surface area contributed by atoms with Gasteiger partial charge in [-0.2, -0.15) is 10.2 Å². The molecule has 0 amide bonds. The SMILES string of the molecule is O=C(O)c1cc(N=Nc2ccc(S(=O)(=O)Nc3ccccn3)cc2)ccc1O.O=C(O)c1ccccc1O. The predicted molar refractivity (Wildman–Crippen MR) is 136 cm³/mol. The van der Waals surface area contributed by atoms with Crippen molar-refractivity contribution in [3.8, 4) is 11.5 Å². The number of carboxylic acid groups (broad SMARTS) is 2. The van der Waals surface area contributed by atoms with Crippen molar-refractivity contribution in [3.05, 3.63) is 102 Å². The van der Waals surface area contributed by atoms with Gasteiger partial charge in [-0.25, -0.2) is 23.0 Å². The first-order chi connectivity index (χ1) is 18.1. The van der Waals surface area contributed by atoms with Gasteiger partial charge in [-0.1, -0.05) is 18.2 Å². The number of carboxylic acids is 2. The zero-order chi connectivity index (χ0) is 27.7. The Labute approximate surface area is 216 Å². The molecule has 194 valence electrons. The molecule has 0 atom stereocenters. The van der Waals surface area contributed by atoms with E-state index in [9.17, 15) is 23.1 Å². The lowest BCUT2D eigenvalue weighted by atomic mass is 10.2. The molecule has 0 unspecified atom stereocenters. The summed E-state index contributed by atoms with van der Waals surface area (Å²) >= 11 is 0. The minimum Gasteiger partial charge on any atom is -0.507 e. The monoisotopic (exact) mass is 536 g/mol. The highest BCUT2D eigenvalue weighted by Crippen LogP contribution is 2.26. The van der Waals surface area contributed by atoms with Crippen LogP contribution in [0.25, 0.3) is 0 Å². The van der Waals surface area contributed by atoms with Gasteiger partial charge >= 0.3 is 11.9 Å². The molecule has 12 nitrogen and oxygen atoms in total. The van der Waals surface area contributed by atoms with Crippen LogP contribution < -0.4 is 4.72 Å². The maximum atomic E-state index is 12.3. The van der Waals surface area contributed by atoms with Crippen molar-refractivity contribution in [2.45, 2.75) is 4.90 Å². The zero-order valence-electron chi connectivity index (χ0n) is 19.3. The molecule has 13 heteroatoms. The summed E-state index contributed by atoms with van der Waals surface area (Å²) in [7, 11) is -3.79. The third-order valence-corrected chi connectivity index (χ3v) is 6.05. The van der Waals surface area contributed by atoms with Crippen LogP contribution >= 0.6 is 0 Å². The predicted octanol–water partition coefficient (Wildman–Crippen LogP) is 4.79. The van der Waals surface area contributed by atoms with E-state index >= 15 is 0 Å². The molecule has 0 radical (unpaired) electrons. The van der Waals surface area contributed by atoms with Gasteiger partial charge in [-0.05, 0) is 66.7 Å². The zero-order valence-corrected chi connectivity index (χ0v) is 20.1. The Morgan fingerprint density at radius 2 is 1.29 bits per heavy atom. The van der Waals surface area contributed by atoms with Gasteiger partial charge in [0.1, 0.15) is 28.4 Å². The maximum absolute atomic E-state index is 12.3. The molecule has 3 aromatic carbocycles. The van der Waals surface area contributed by atoms with Crippen molar-refractivity contribution in [1.82, 2.24) is 4.98 Å². The van der Waals surface area contributed by atoms with Crippen molar-refractivity contribution in [1.29, 1.82) is 0 Å².